The summed E-state index contributed by atoms with van der Waals surface area (Å²) < 4.78 is 0. The zero-order chi connectivity index (χ0) is 29.7. The van der Waals surface area contributed by atoms with Crippen molar-refractivity contribution in [2.75, 3.05) is 6.54 Å². The number of hydrogen-bond acceptors (Lipinski definition) is 9. The van der Waals surface area contributed by atoms with E-state index >= 15 is 0 Å². The van der Waals surface area contributed by atoms with Crippen molar-refractivity contribution in [3.63, 3.8) is 0 Å². The molecule has 0 fully saturated rings. The van der Waals surface area contributed by atoms with Crippen molar-refractivity contribution >= 4 is 35.6 Å². The lowest BCUT2D eigenvalue weighted by Crippen LogP contribution is -2.58. The van der Waals surface area contributed by atoms with E-state index in [0.717, 1.165) is 0 Å². The molecule has 13 N–H and O–H groups in total. The van der Waals surface area contributed by atoms with Crippen LogP contribution in [0.5, 0.6) is 0 Å². The van der Waals surface area contributed by atoms with Crippen LogP contribution in [0.4, 0.5) is 0 Å². The zero-order valence-electron chi connectivity index (χ0n) is 21.4. The number of rotatable bonds is 17. The summed E-state index contributed by atoms with van der Waals surface area (Å²) in [5.74, 6) is -5.64. The Kier molecular flexibility index (Phi) is 12.0. The van der Waals surface area contributed by atoms with Crippen LogP contribution in [-0.2, 0) is 36.8 Å². The minimum absolute atomic E-state index is 0.0711. The number of nitrogens with one attached hydrogen (secondary N) is 5. The van der Waals surface area contributed by atoms with Crippen LogP contribution in [-0.4, -0.2) is 96.5 Å². The number of H-pyrrole nitrogens is 2. The third-order valence-electron chi connectivity index (χ3n) is 5.51. The number of aromatic nitrogens is 4. The second kappa shape index (κ2) is 15.4. The van der Waals surface area contributed by atoms with E-state index in [4.69, 9.17) is 17.2 Å². The molecule has 0 aliphatic heterocycles. The highest BCUT2D eigenvalue weighted by Gasteiger charge is 2.32. The monoisotopic (exact) mass is 563 g/mol. The molecule has 0 spiro atoms. The summed E-state index contributed by atoms with van der Waals surface area (Å²) in [6.07, 6.45) is 4.94. The lowest BCUT2D eigenvalue weighted by Gasteiger charge is -2.24. The normalized spacial score (nSPS) is 13.7. The van der Waals surface area contributed by atoms with Gasteiger partial charge in [0.25, 0.3) is 0 Å². The van der Waals surface area contributed by atoms with Gasteiger partial charge in [-0.15, -0.1) is 0 Å². The summed E-state index contributed by atoms with van der Waals surface area (Å²) in [6, 6.07) is -5.43. The largest absolute Gasteiger partial charge is 0.481 e. The third-order valence-corrected chi connectivity index (χ3v) is 5.51. The molecule has 0 aromatic carbocycles. The first-order valence-electron chi connectivity index (χ1n) is 12.1. The molecule has 2 rings (SSSR count). The molecule has 18 heteroatoms. The Morgan fingerprint density at radius 2 is 1.40 bits per heavy atom. The van der Waals surface area contributed by atoms with E-state index in [1.165, 1.54) is 25.0 Å². The number of carboxylic acid groups (broad SMARTS) is 2. The number of nitrogens with two attached hydrogens (primary N) is 3. The summed E-state index contributed by atoms with van der Waals surface area (Å²) in [7, 11) is 0. The van der Waals surface area contributed by atoms with Crippen LogP contribution in [0.25, 0.3) is 0 Å². The number of amides is 3. The van der Waals surface area contributed by atoms with Crippen LogP contribution in [0, 0.1) is 0 Å². The van der Waals surface area contributed by atoms with Crippen molar-refractivity contribution in [2.45, 2.75) is 56.3 Å². The minimum atomic E-state index is -1.66. The number of nitrogens with zero attached hydrogens (tertiary/aromatic N) is 3. The number of aromatic amines is 2. The molecule has 18 nitrogen and oxygen atoms in total. The molecular formula is C22H33N11O7. The number of hydrogen-bond donors (Lipinski definition) is 10. The Labute approximate surface area is 227 Å². The predicted molar refractivity (Wildman–Crippen MR) is 138 cm³/mol. The van der Waals surface area contributed by atoms with Gasteiger partial charge in [0.05, 0.1) is 25.1 Å². The average Bonchev–Trinajstić information content (AvgIpc) is 3.58. The first-order valence-corrected chi connectivity index (χ1v) is 12.1. The van der Waals surface area contributed by atoms with Crippen molar-refractivity contribution in [2.24, 2.45) is 22.2 Å². The molecule has 218 valence electrons. The van der Waals surface area contributed by atoms with Gasteiger partial charge >= 0.3 is 11.9 Å². The lowest BCUT2D eigenvalue weighted by atomic mass is 10.1. The van der Waals surface area contributed by atoms with Gasteiger partial charge in [0.2, 0.25) is 17.7 Å². The van der Waals surface area contributed by atoms with Gasteiger partial charge in [-0.25, -0.2) is 14.8 Å². The second-order valence-corrected chi connectivity index (χ2v) is 8.74. The van der Waals surface area contributed by atoms with E-state index < -0.39 is 60.2 Å². The Morgan fingerprint density at radius 1 is 0.850 bits per heavy atom. The van der Waals surface area contributed by atoms with E-state index in [0.29, 0.717) is 11.4 Å². The average molecular weight is 564 g/mol. The molecule has 2 aromatic heterocycles. The Balaban J connectivity index is 2.13. The van der Waals surface area contributed by atoms with Crippen molar-refractivity contribution in [1.29, 1.82) is 0 Å². The highest BCUT2D eigenvalue weighted by Crippen LogP contribution is 2.05. The van der Waals surface area contributed by atoms with Crippen molar-refractivity contribution in [3.8, 4) is 0 Å². The first kappa shape index (κ1) is 31.2. The number of aliphatic imine (C=N–C) groups is 1. The first-order chi connectivity index (χ1) is 19.0. The molecule has 4 atom stereocenters. The topological polar surface area (TPSA) is 310 Å². The van der Waals surface area contributed by atoms with Gasteiger partial charge in [0.15, 0.2) is 5.96 Å². The van der Waals surface area contributed by atoms with Crippen LogP contribution in [0.3, 0.4) is 0 Å². The number of imidazole rings is 2. The molecular weight excluding hydrogens is 530 g/mol. The fraction of sp³-hybridized carbons (Fsp3) is 0.455. The highest BCUT2D eigenvalue weighted by molar-refractivity contribution is 5.95. The Morgan fingerprint density at radius 3 is 1.93 bits per heavy atom. The van der Waals surface area contributed by atoms with Crippen molar-refractivity contribution < 1.29 is 34.2 Å². The van der Waals surface area contributed by atoms with Gasteiger partial charge in [-0.2, -0.15) is 0 Å². The molecule has 0 radical (unpaired) electrons. The lowest BCUT2D eigenvalue weighted by molar-refractivity contribution is -0.143. The van der Waals surface area contributed by atoms with E-state index in [9.17, 15) is 34.2 Å². The van der Waals surface area contributed by atoms with Crippen LogP contribution in [0.15, 0.2) is 30.0 Å². The maximum atomic E-state index is 13.2. The maximum Gasteiger partial charge on any atom is 0.326 e. The van der Waals surface area contributed by atoms with Crippen molar-refractivity contribution in [3.05, 3.63) is 36.4 Å². The van der Waals surface area contributed by atoms with E-state index in [2.05, 4.69) is 40.9 Å². The number of carbonyl (C=O) groups is 5. The van der Waals surface area contributed by atoms with Gasteiger partial charge in [-0.05, 0) is 12.8 Å². The molecule has 3 amide bonds. The Bertz CT molecular complexity index is 1160. The van der Waals surface area contributed by atoms with Gasteiger partial charge in [-0.1, -0.05) is 0 Å². The summed E-state index contributed by atoms with van der Waals surface area (Å²) in [6.45, 7) is 0.106. The number of aliphatic carboxylic acids is 2. The third kappa shape index (κ3) is 10.8. The van der Waals surface area contributed by atoms with E-state index in [-0.39, 0.29) is 38.2 Å². The maximum absolute atomic E-state index is 13.2. The molecule has 0 aliphatic rings. The predicted octanol–water partition coefficient (Wildman–Crippen LogP) is -3.69. The standard InChI is InChI=1S/C22H33N11O7/c23-13(4-11-7-26-9-29-11)18(36)32-15(5-12-8-27-10-30-12)19(37)33-16(6-17(34)35)20(38)31-14(21(39)40)2-1-3-28-22(24)25/h7-10,13-16H,1-6,23H2,(H,26,29)(H,27,30)(H,31,38)(H,32,36)(H,33,37)(H,34,35)(H,39,40)(H4,24,25,28). The molecule has 0 aliphatic carbocycles. The van der Waals surface area contributed by atoms with Crippen LogP contribution in [0.2, 0.25) is 0 Å². The number of carboxylic acids is 2. The van der Waals surface area contributed by atoms with E-state index in [1.54, 1.807) is 0 Å². The minimum Gasteiger partial charge on any atom is -0.481 e. The van der Waals surface area contributed by atoms with Crippen LogP contribution < -0.4 is 33.2 Å². The van der Waals surface area contributed by atoms with Crippen molar-refractivity contribution in [1.82, 2.24) is 35.9 Å². The molecule has 2 aromatic rings. The fourth-order valence-corrected chi connectivity index (χ4v) is 3.52. The molecule has 0 saturated heterocycles. The van der Waals surface area contributed by atoms with Gasteiger partial charge in [0.1, 0.15) is 18.1 Å². The van der Waals surface area contributed by atoms with Gasteiger partial charge in [0, 0.05) is 43.2 Å². The van der Waals surface area contributed by atoms with E-state index in [1.807, 2.05) is 0 Å². The second-order valence-electron chi connectivity index (χ2n) is 8.74. The fourth-order valence-electron chi connectivity index (χ4n) is 3.52. The molecule has 0 saturated carbocycles. The van der Waals surface area contributed by atoms with Crippen LogP contribution >= 0.6 is 0 Å². The van der Waals surface area contributed by atoms with Gasteiger partial charge in [-0.3, -0.25) is 24.2 Å². The smallest absolute Gasteiger partial charge is 0.326 e. The van der Waals surface area contributed by atoms with Crippen LogP contribution in [0.1, 0.15) is 30.7 Å². The number of carbonyl (C=O) groups excluding carboxylic acids is 3. The summed E-state index contributed by atoms with van der Waals surface area (Å²) >= 11 is 0. The zero-order valence-corrected chi connectivity index (χ0v) is 21.4. The van der Waals surface area contributed by atoms with Gasteiger partial charge < -0.3 is 53.3 Å². The Hall–Kier alpha value is -5.00. The molecule has 4 unspecified atom stereocenters. The summed E-state index contributed by atoms with van der Waals surface area (Å²) in [5.41, 5.74) is 17.5. The summed E-state index contributed by atoms with van der Waals surface area (Å²) in [5, 5.41) is 25.8. The summed E-state index contributed by atoms with van der Waals surface area (Å²) in [4.78, 5) is 78.9. The molecule has 0 bridgehead atoms. The molecule has 2 heterocycles. The quantitative estimate of drug-likeness (QED) is 0.0505. The number of guanidine groups is 1. The highest BCUT2D eigenvalue weighted by atomic mass is 16.4. The molecule has 40 heavy (non-hydrogen) atoms. The SMILES string of the molecule is NC(N)=NCCCC(NC(=O)C(CC(=O)O)NC(=O)C(Cc1cnc[nH]1)NC(=O)C(N)Cc1cnc[nH]1)C(=O)O.